The highest BCUT2D eigenvalue weighted by molar-refractivity contribution is 5.77. The molecule has 0 spiro atoms. The van der Waals surface area contributed by atoms with Gasteiger partial charge in [0.1, 0.15) is 48.5 Å². The standard InChI is InChI=1S/C102H156N2O36/c1-59-37-31-25-21-17-13-9-11-15-19-23-27-33-39-73(53-81-87(97(127)128)79(115)57-101(131,139-81)55-71(109)49-77(113)75(111)45-43-67(105)47-69(107)51-85(119)133-63(5)61(3)91(59)121)137-99-95(125)89(93(123)65(7)135-99)103-83(117)41-35-29-30-36-42-84(118)104-90-94(124)66(8)136-100(96(90)126)138-74-40-34-28-24-20-16-12-10-14-18-22-26-32-38-60(2)92(122)62(4)64(6)134-86(120)52-70(108)48-68(106)44-46-76(112)78(114)50-72(110)56-102(132)58-80(116)88(98(129)130)82(54-74)140-102/h9-28,31-34,37-40,59-82,87-96,99-100,105-116,121-126,131-132H,29-30,35-36,41-58H2,1-8H3,(H,103,117)(H,104,118)(H,127,128)(H,129,130)/t59-,60-,61-,62-,63-,64-,65+,66+,67+,68+,69+,70+,71-,72-,73-,74-,75+,76+,77+,78+,79-,80-,81-,82-,87+,88+,89-,90-,91+,92+,93+,94+,95-,96-,99-,100-,101+,102+/m0/s1. The number of fused-ring (bicyclic) bond motifs is 4. The zero-order valence-corrected chi connectivity index (χ0v) is 81.1. The minimum absolute atomic E-state index is 0.155. The fourth-order valence-corrected chi connectivity index (χ4v) is 17.7. The Morgan fingerprint density at radius 1 is 0.336 bits per heavy atom. The lowest BCUT2D eigenvalue weighted by Gasteiger charge is -2.45. The molecule has 4 fully saturated rings. The normalized spacial score (nSPS) is 39.9. The number of carbonyl (C=O) groups excluding carboxylic acids is 4. The van der Waals surface area contributed by atoms with Crippen LogP contribution in [-0.4, -0.2) is 343 Å². The van der Waals surface area contributed by atoms with E-state index in [9.17, 15) is 141 Å². The number of hydrogen-bond acceptors (Lipinski definition) is 34. The number of ether oxygens (including phenoxy) is 8. The summed E-state index contributed by atoms with van der Waals surface area (Å²) in [6.45, 7) is 13.1. The van der Waals surface area contributed by atoms with Gasteiger partial charge in [0.05, 0.1) is 147 Å². The van der Waals surface area contributed by atoms with Crippen molar-refractivity contribution in [3.63, 3.8) is 0 Å². The molecule has 24 N–H and O–H groups in total. The summed E-state index contributed by atoms with van der Waals surface area (Å²) in [6, 6.07) is -2.89. The molecule has 0 aliphatic carbocycles. The third kappa shape index (κ3) is 42.1. The SMILES string of the molecule is C[C@@H]1[C@H](O)[C@@H](C)C=CC=CC=CC=CC=CC=CC=C[C@H](O[C@@H]2O[C@H](C)[C@@H](O)[C@H](NC(=O)CCCCCCC(=O)N[C@@H]3[C@H](O)[C@H](O[C@H]4C=CC=CC=CC=CC=CC=CC=C[C@H](C)[C@@H](O)[C@@H](C)[C@H](C)OC(=O)C[C@H](O)C[C@H](O)CC[C@@H](O)[C@H](O)C[C@H](O)C[C@]5(O)C[C@H](O)[C@@H](C(=O)O)[C@H](C4)O5)O[C@H](C)[C@H]3O)[C@@H]2O)C[C@@H]2O[C@](O)(C[C@@H](O)C[C@@H](O)[C@H](O)CC[C@@H](O)C[C@@H](O)CC(=O)O[C@H]1C)C[C@H](O)[C@H]2C(=O)O. The number of amides is 2. The maximum atomic E-state index is 13.8. The van der Waals surface area contributed by atoms with Crippen LogP contribution in [0.15, 0.2) is 170 Å². The van der Waals surface area contributed by atoms with Crippen molar-refractivity contribution in [3.05, 3.63) is 170 Å². The van der Waals surface area contributed by atoms with Gasteiger partial charge in [-0.05, 0) is 79.1 Å². The molecule has 0 aromatic rings. The number of esters is 2. The van der Waals surface area contributed by atoms with E-state index in [1.807, 2.05) is 0 Å². The molecule has 0 aromatic carbocycles. The number of unbranched alkanes of at least 4 members (excludes halogenated alkanes) is 3. The van der Waals surface area contributed by atoms with E-state index in [2.05, 4.69) is 10.6 Å². The summed E-state index contributed by atoms with van der Waals surface area (Å²) in [7, 11) is 0. The van der Waals surface area contributed by atoms with E-state index in [1.165, 1.54) is 38.2 Å². The molecule has 2 amide bonds. The van der Waals surface area contributed by atoms with Crippen molar-refractivity contribution in [1.29, 1.82) is 0 Å². The summed E-state index contributed by atoms with van der Waals surface area (Å²) in [5, 5.41) is 251. The minimum atomic E-state index is -2.48. The number of aliphatic hydroxyl groups excluding tert-OH is 18. The van der Waals surface area contributed by atoms with Gasteiger partial charge in [-0.3, -0.25) is 28.8 Å². The lowest BCUT2D eigenvalue weighted by Crippen LogP contribution is -2.64. The Bertz CT molecular complexity index is 3930. The van der Waals surface area contributed by atoms with Crippen molar-refractivity contribution in [3.8, 4) is 0 Å². The smallest absolute Gasteiger partial charge is 0.311 e. The Morgan fingerprint density at radius 2 is 0.636 bits per heavy atom. The van der Waals surface area contributed by atoms with Crippen LogP contribution >= 0.6 is 0 Å². The Kier molecular flexibility index (Phi) is 53.0. The summed E-state index contributed by atoms with van der Waals surface area (Å²) in [4.78, 5) is 79.1. The van der Waals surface area contributed by atoms with Crippen LogP contribution in [0.3, 0.4) is 0 Å². The first kappa shape index (κ1) is 121. The van der Waals surface area contributed by atoms with Crippen molar-refractivity contribution >= 4 is 35.7 Å². The molecule has 0 saturated carbocycles. The zero-order chi connectivity index (χ0) is 104. The number of carboxylic acids is 2. The molecule has 0 unspecified atom stereocenters. The van der Waals surface area contributed by atoms with Gasteiger partial charge in [0.2, 0.25) is 11.8 Å². The molecule has 6 rings (SSSR count). The summed E-state index contributed by atoms with van der Waals surface area (Å²) in [5.41, 5.74) is 0. The number of nitrogens with one attached hydrogen (secondary N) is 2. The van der Waals surface area contributed by atoms with Gasteiger partial charge in [0.25, 0.3) is 0 Å². The number of carboxylic acid groups (broad SMARTS) is 2. The van der Waals surface area contributed by atoms with Gasteiger partial charge in [-0.1, -0.05) is 211 Å². The first-order chi connectivity index (χ1) is 66.2. The monoisotopic (exact) mass is 1990 g/mol. The average Bonchev–Trinajstić information content (AvgIpc) is 0.771. The molecule has 0 radical (unpaired) electrons. The first-order valence-electron chi connectivity index (χ1n) is 48.7. The van der Waals surface area contributed by atoms with Crippen LogP contribution in [0.2, 0.25) is 0 Å². The Morgan fingerprint density at radius 3 is 0.943 bits per heavy atom. The van der Waals surface area contributed by atoms with E-state index in [-0.39, 0.29) is 76.0 Å². The predicted octanol–water partition coefficient (Wildman–Crippen LogP) is 3.09. The molecular formula is C102H156N2O36. The van der Waals surface area contributed by atoms with Gasteiger partial charge in [-0.15, -0.1) is 0 Å². The molecule has 790 valence electrons. The number of cyclic esters (lactones) is 2. The summed E-state index contributed by atoms with van der Waals surface area (Å²) in [5.74, 6) is -16.1. The van der Waals surface area contributed by atoms with Crippen LogP contribution in [0.25, 0.3) is 0 Å². The molecule has 6 heterocycles. The van der Waals surface area contributed by atoms with Gasteiger partial charge in [-0.25, -0.2) is 0 Å². The van der Waals surface area contributed by atoms with E-state index >= 15 is 0 Å². The van der Waals surface area contributed by atoms with Crippen molar-refractivity contribution in [2.75, 3.05) is 0 Å². The molecule has 4 saturated heterocycles. The molecule has 6 aliphatic rings. The number of hydrogen-bond donors (Lipinski definition) is 24. The second-order valence-corrected chi connectivity index (χ2v) is 38.1. The number of aliphatic carboxylic acids is 2. The Hall–Kier alpha value is -7.86. The molecular weight excluding hydrogens is 1830 g/mol. The minimum Gasteiger partial charge on any atom is -0.481 e. The van der Waals surface area contributed by atoms with Crippen molar-refractivity contribution < 1.29 is 179 Å². The van der Waals surface area contributed by atoms with Crippen LogP contribution in [0.5, 0.6) is 0 Å². The fraction of sp³-hybridized carbons (Fsp3) is 0.667. The van der Waals surface area contributed by atoms with E-state index in [4.69, 9.17) is 37.9 Å². The highest BCUT2D eigenvalue weighted by Gasteiger charge is 2.54. The zero-order valence-electron chi connectivity index (χ0n) is 81.1. The summed E-state index contributed by atoms with van der Waals surface area (Å²) in [6.07, 6.45) is 0.0466. The highest BCUT2D eigenvalue weighted by atomic mass is 16.7. The van der Waals surface area contributed by atoms with Gasteiger partial charge in [0.15, 0.2) is 24.2 Å². The van der Waals surface area contributed by atoms with Crippen LogP contribution in [0.1, 0.15) is 197 Å². The third-order valence-electron chi connectivity index (χ3n) is 26.2. The molecule has 140 heavy (non-hydrogen) atoms. The van der Waals surface area contributed by atoms with E-state index in [1.54, 1.807) is 187 Å². The predicted molar refractivity (Wildman–Crippen MR) is 510 cm³/mol. The van der Waals surface area contributed by atoms with Crippen molar-refractivity contribution in [1.82, 2.24) is 10.6 Å². The van der Waals surface area contributed by atoms with Gasteiger partial charge in [0, 0.05) is 87.9 Å². The molecule has 38 nitrogen and oxygen atoms in total. The number of aliphatic hydroxyl groups is 20. The van der Waals surface area contributed by atoms with E-state index in [0.29, 0.717) is 12.8 Å². The highest BCUT2D eigenvalue weighted by Crippen LogP contribution is 2.41. The molecule has 0 aromatic heterocycles. The van der Waals surface area contributed by atoms with Gasteiger partial charge >= 0.3 is 23.9 Å². The lowest BCUT2D eigenvalue weighted by molar-refractivity contribution is -0.310. The van der Waals surface area contributed by atoms with Crippen molar-refractivity contribution in [2.45, 2.75) is 392 Å². The van der Waals surface area contributed by atoms with Crippen LogP contribution in [0.4, 0.5) is 0 Å². The molecule has 38 heteroatoms. The van der Waals surface area contributed by atoms with E-state index in [0.717, 1.165) is 0 Å². The number of carbonyl (C=O) groups is 6. The van der Waals surface area contributed by atoms with Gasteiger partial charge in [-0.2, -0.15) is 0 Å². The lowest BCUT2D eigenvalue weighted by atomic mass is 9.82. The molecule has 6 aliphatic heterocycles. The van der Waals surface area contributed by atoms with Crippen LogP contribution < -0.4 is 10.6 Å². The maximum absolute atomic E-state index is 13.8. The second-order valence-electron chi connectivity index (χ2n) is 38.1. The fourth-order valence-electron chi connectivity index (χ4n) is 17.7. The van der Waals surface area contributed by atoms with Crippen LogP contribution in [-0.2, 0) is 66.7 Å². The second kappa shape index (κ2) is 61.4. The molecule has 38 atom stereocenters. The molecule has 4 bridgehead atoms. The van der Waals surface area contributed by atoms with E-state index < -0.39 is 319 Å². The Balaban J connectivity index is 1.12. The average molecular weight is 1990 g/mol. The maximum Gasteiger partial charge on any atom is 0.311 e. The summed E-state index contributed by atoms with van der Waals surface area (Å²) < 4.78 is 47.8. The van der Waals surface area contributed by atoms with Gasteiger partial charge < -0.3 is 161 Å². The first-order valence-corrected chi connectivity index (χ1v) is 48.7. The largest absolute Gasteiger partial charge is 0.481 e. The third-order valence-corrected chi connectivity index (χ3v) is 26.2. The summed E-state index contributed by atoms with van der Waals surface area (Å²) >= 11 is 0. The van der Waals surface area contributed by atoms with Crippen LogP contribution in [0, 0.1) is 35.5 Å². The topological polar surface area (TPSA) is 645 Å². The Labute approximate surface area is 818 Å². The number of allylic oxidation sites excluding steroid dienone is 24. The number of rotatable bonds is 15. The van der Waals surface area contributed by atoms with Crippen molar-refractivity contribution in [2.24, 2.45) is 35.5 Å². The quantitative estimate of drug-likeness (QED) is 0.0827.